The van der Waals surface area contributed by atoms with Crippen molar-refractivity contribution in [3.05, 3.63) is 48.5 Å². The van der Waals surface area contributed by atoms with Gasteiger partial charge in [0.05, 0.1) is 5.92 Å². The van der Waals surface area contributed by atoms with E-state index >= 15 is 0 Å². The van der Waals surface area contributed by atoms with Gasteiger partial charge in [-0.05, 0) is 30.2 Å². The van der Waals surface area contributed by atoms with E-state index in [1.165, 1.54) is 0 Å². The molecule has 8 heteroatoms. The number of rotatable bonds is 6. The molecule has 1 saturated heterocycles. The zero-order chi connectivity index (χ0) is 22.7. The zero-order valence-electron chi connectivity index (χ0n) is 18.2. The monoisotopic (exact) mass is 437 g/mol. The zero-order valence-corrected chi connectivity index (χ0v) is 18.2. The summed E-state index contributed by atoms with van der Waals surface area (Å²) in [5.41, 5.74) is 1.33. The van der Waals surface area contributed by atoms with E-state index in [4.69, 9.17) is 9.47 Å². The smallest absolute Gasteiger partial charge is 0.247 e. The lowest BCUT2D eigenvalue weighted by Crippen LogP contribution is -2.49. The molecule has 8 nitrogen and oxygen atoms in total. The van der Waals surface area contributed by atoms with Gasteiger partial charge in [-0.15, -0.1) is 0 Å². The topological polar surface area (TPSA) is 97.0 Å². The molecule has 0 spiro atoms. The molecule has 0 saturated carbocycles. The van der Waals surface area contributed by atoms with Crippen LogP contribution in [0.15, 0.2) is 48.5 Å². The van der Waals surface area contributed by atoms with Gasteiger partial charge >= 0.3 is 0 Å². The highest BCUT2D eigenvalue weighted by Gasteiger charge is 2.37. The van der Waals surface area contributed by atoms with Crippen molar-refractivity contribution in [1.82, 2.24) is 5.32 Å². The first-order chi connectivity index (χ1) is 15.4. The summed E-state index contributed by atoms with van der Waals surface area (Å²) in [5, 5.41) is 5.69. The quantitative estimate of drug-likeness (QED) is 0.724. The average molecular weight is 437 g/mol. The maximum Gasteiger partial charge on any atom is 0.247 e. The average Bonchev–Trinajstić information content (AvgIpc) is 3.19. The Balaban J connectivity index is 1.40. The molecule has 2 atom stereocenters. The van der Waals surface area contributed by atoms with E-state index in [1.54, 1.807) is 23.1 Å². The maximum atomic E-state index is 12.9. The van der Waals surface area contributed by atoms with Gasteiger partial charge in [-0.3, -0.25) is 14.4 Å². The summed E-state index contributed by atoms with van der Waals surface area (Å²) in [6.07, 6.45) is 0.120. The predicted octanol–water partition coefficient (Wildman–Crippen LogP) is 2.59. The predicted molar refractivity (Wildman–Crippen MR) is 120 cm³/mol. The number of benzene rings is 2. The van der Waals surface area contributed by atoms with E-state index in [2.05, 4.69) is 10.6 Å². The minimum Gasteiger partial charge on any atom is -0.486 e. The van der Waals surface area contributed by atoms with Crippen molar-refractivity contribution in [1.29, 1.82) is 0 Å². The van der Waals surface area contributed by atoms with Crippen molar-refractivity contribution < 1.29 is 23.9 Å². The fourth-order valence-corrected chi connectivity index (χ4v) is 3.89. The lowest BCUT2D eigenvalue weighted by atomic mass is 10.0. The third-order valence-corrected chi connectivity index (χ3v) is 5.62. The van der Waals surface area contributed by atoms with Gasteiger partial charge in [0.2, 0.25) is 17.7 Å². The van der Waals surface area contributed by atoms with E-state index in [1.807, 2.05) is 44.2 Å². The van der Waals surface area contributed by atoms with Gasteiger partial charge in [0.25, 0.3) is 0 Å². The highest BCUT2D eigenvalue weighted by Crippen LogP contribution is 2.32. The van der Waals surface area contributed by atoms with Crippen molar-refractivity contribution in [3.8, 4) is 11.5 Å². The van der Waals surface area contributed by atoms with Crippen LogP contribution in [0.5, 0.6) is 11.5 Å². The summed E-state index contributed by atoms with van der Waals surface area (Å²) < 4.78 is 11.1. The normalized spacial score (nSPS) is 18.4. The van der Waals surface area contributed by atoms with Crippen LogP contribution in [0.25, 0.3) is 0 Å². The first-order valence-corrected chi connectivity index (χ1v) is 10.8. The number of hydrogen-bond acceptors (Lipinski definition) is 5. The minimum atomic E-state index is -0.739. The second-order valence-electron chi connectivity index (χ2n) is 8.32. The van der Waals surface area contributed by atoms with Crippen molar-refractivity contribution in [2.45, 2.75) is 26.3 Å². The number of ether oxygens (including phenoxy) is 2. The number of nitrogens with zero attached hydrogens (tertiary/aromatic N) is 1. The third kappa shape index (κ3) is 4.69. The molecular formula is C24H27N3O5. The Kier molecular flexibility index (Phi) is 6.30. The number of fused-ring (bicyclic) bond motifs is 1. The largest absolute Gasteiger partial charge is 0.486 e. The Bertz CT molecular complexity index is 1010. The standard InChI is InChI=1S/C24H27N3O5/c1-15(2)22(24(30)25-17-8-9-19-20(13-17)32-11-10-31-19)26-23(29)16-12-21(28)27(14-16)18-6-4-3-5-7-18/h3-9,13,15-16,22H,10-12,14H2,1-2H3,(H,25,30)(H,26,29)/t16?,22-/m1/s1. The lowest BCUT2D eigenvalue weighted by molar-refractivity contribution is -0.130. The Morgan fingerprint density at radius 2 is 1.75 bits per heavy atom. The fourth-order valence-electron chi connectivity index (χ4n) is 3.89. The molecule has 1 unspecified atom stereocenters. The van der Waals surface area contributed by atoms with Crippen molar-refractivity contribution in [2.24, 2.45) is 11.8 Å². The van der Waals surface area contributed by atoms with E-state index in [9.17, 15) is 14.4 Å². The lowest BCUT2D eigenvalue weighted by Gasteiger charge is -2.24. The number of carbonyl (C=O) groups is 3. The Hall–Kier alpha value is -3.55. The van der Waals surface area contributed by atoms with Gasteiger partial charge in [0.1, 0.15) is 19.3 Å². The molecule has 2 heterocycles. The molecule has 32 heavy (non-hydrogen) atoms. The van der Waals surface area contributed by atoms with E-state index in [0.29, 0.717) is 36.9 Å². The number of amides is 3. The van der Waals surface area contributed by atoms with Crippen LogP contribution >= 0.6 is 0 Å². The van der Waals surface area contributed by atoms with Crippen molar-refractivity contribution >= 4 is 29.1 Å². The number of para-hydroxylation sites is 1. The molecule has 0 bridgehead atoms. The molecular weight excluding hydrogens is 410 g/mol. The van der Waals surface area contributed by atoms with Crippen LogP contribution in [0.2, 0.25) is 0 Å². The fraction of sp³-hybridized carbons (Fsp3) is 0.375. The summed E-state index contributed by atoms with van der Waals surface area (Å²) in [6.45, 7) is 4.97. The van der Waals surface area contributed by atoms with Gasteiger partial charge in [0, 0.05) is 30.4 Å². The molecule has 2 N–H and O–H groups in total. The van der Waals surface area contributed by atoms with E-state index < -0.39 is 12.0 Å². The molecule has 1 fully saturated rings. The first kappa shape index (κ1) is 21.7. The molecule has 3 amide bonds. The number of carbonyl (C=O) groups excluding carboxylic acids is 3. The highest BCUT2D eigenvalue weighted by molar-refractivity contribution is 6.02. The van der Waals surface area contributed by atoms with E-state index in [-0.39, 0.29) is 30.1 Å². The molecule has 2 aromatic carbocycles. The van der Waals surface area contributed by atoms with Crippen molar-refractivity contribution in [3.63, 3.8) is 0 Å². The third-order valence-electron chi connectivity index (χ3n) is 5.62. The van der Waals surface area contributed by atoms with Gasteiger partial charge in [-0.25, -0.2) is 0 Å². The highest BCUT2D eigenvalue weighted by atomic mass is 16.6. The van der Waals surface area contributed by atoms with Crippen molar-refractivity contribution in [2.75, 3.05) is 30.0 Å². The number of hydrogen-bond donors (Lipinski definition) is 2. The maximum absolute atomic E-state index is 12.9. The first-order valence-electron chi connectivity index (χ1n) is 10.8. The summed E-state index contributed by atoms with van der Waals surface area (Å²) >= 11 is 0. The molecule has 0 aromatic heterocycles. The minimum absolute atomic E-state index is 0.0989. The number of nitrogens with one attached hydrogen (secondary N) is 2. The van der Waals surface area contributed by atoms with Gasteiger partial charge in [0.15, 0.2) is 11.5 Å². The molecule has 168 valence electrons. The van der Waals surface area contributed by atoms with Crippen LogP contribution in [0.4, 0.5) is 11.4 Å². The van der Waals surface area contributed by atoms with Gasteiger partial charge < -0.3 is 25.0 Å². The van der Waals surface area contributed by atoms with Crippen LogP contribution in [-0.4, -0.2) is 43.5 Å². The second-order valence-corrected chi connectivity index (χ2v) is 8.32. The summed E-state index contributed by atoms with van der Waals surface area (Å²) in [4.78, 5) is 39.9. The molecule has 2 aliphatic heterocycles. The summed E-state index contributed by atoms with van der Waals surface area (Å²) in [6, 6.07) is 13.7. The van der Waals surface area contributed by atoms with Crippen LogP contribution < -0.4 is 25.0 Å². The van der Waals surface area contributed by atoms with E-state index in [0.717, 1.165) is 5.69 Å². The molecule has 0 aliphatic carbocycles. The van der Waals surface area contributed by atoms with Crippen LogP contribution in [-0.2, 0) is 14.4 Å². The number of anilines is 2. The Morgan fingerprint density at radius 3 is 2.47 bits per heavy atom. The van der Waals surface area contributed by atoms with Gasteiger partial charge in [-0.2, -0.15) is 0 Å². The molecule has 4 rings (SSSR count). The second kappa shape index (κ2) is 9.30. The van der Waals surface area contributed by atoms with Gasteiger partial charge in [-0.1, -0.05) is 32.0 Å². The molecule has 0 radical (unpaired) electrons. The van der Waals surface area contributed by atoms with Crippen LogP contribution in [0, 0.1) is 11.8 Å². The Morgan fingerprint density at radius 1 is 1.03 bits per heavy atom. The SMILES string of the molecule is CC(C)[C@@H](NC(=O)C1CC(=O)N(c2ccccc2)C1)C(=O)Nc1ccc2c(c1)OCCO2. The Labute approximate surface area is 186 Å². The summed E-state index contributed by atoms with van der Waals surface area (Å²) in [7, 11) is 0. The molecule has 2 aromatic rings. The van der Waals surface area contributed by atoms with Crippen LogP contribution in [0.1, 0.15) is 20.3 Å². The summed E-state index contributed by atoms with van der Waals surface area (Å²) in [5.74, 6) is -0.161. The molecule has 2 aliphatic rings. The van der Waals surface area contributed by atoms with Crippen LogP contribution in [0.3, 0.4) is 0 Å².